The van der Waals surface area contributed by atoms with Crippen molar-refractivity contribution in [3.63, 3.8) is 0 Å². The molecule has 0 spiro atoms. The van der Waals surface area contributed by atoms with Gasteiger partial charge in [-0.2, -0.15) is 0 Å². The average molecular weight is 263 g/mol. The minimum absolute atomic E-state index is 0.0942. The number of benzene rings is 1. The van der Waals surface area contributed by atoms with Gasteiger partial charge in [0.1, 0.15) is 5.75 Å². The summed E-state index contributed by atoms with van der Waals surface area (Å²) in [4.78, 5) is 14.0. The molecule has 1 heterocycles. The molecule has 5 heteroatoms. The molecule has 2 amide bonds. The molecule has 0 aliphatic carbocycles. The van der Waals surface area contributed by atoms with Crippen molar-refractivity contribution in [3.05, 3.63) is 24.3 Å². The molecule has 19 heavy (non-hydrogen) atoms. The maximum absolute atomic E-state index is 12.2. The minimum atomic E-state index is -0.0942. The lowest BCUT2D eigenvalue weighted by Gasteiger charge is -2.35. The number of methoxy groups -OCH3 is 1. The molecule has 0 radical (unpaired) electrons. The van der Waals surface area contributed by atoms with E-state index in [9.17, 15) is 4.79 Å². The predicted molar refractivity (Wildman–Crippen MR) is 75.3 cm³/mol. The van der Waals surface area contributed by atoms with Crippen molar-refractivity contribution in [2.75, 3.05) is 25.5 Å². The van der Waals surface area contributed by atoms with Gasteiger partial charge in [-0.15, -0.1) is 0 Å². The standard InChI is InChI=1S/C14H21N3O2/c1-10-9-17(8-7-11(10)15)14(18)16-12-5-3-4-6-13(12)19-2/h3-6,10-11H,7-9,15H2,1-2H3,(H,16,18). The van der Waals surface area contributed by atoms with E-state index >= 15 is 0 Å². The van der Waals surface area contributed by atoms with E-state index in [1.54, 1.807) is 12.0 Å². The van der Waals surface area contributed by atoms with Crippen LogP contribution in [0.5, 0.6) is 5.75 Å². The first-order valence-electron chi connectivity index (χ1n) is 6.56. The zero-order chi connectivity index (χ0) is 13.8. The first kappa shape index (κ1) is 13.7. The van der Waals surface area contributed by atoms with Gasteiger partial charge in [-0.05, 0) is 24.5 Å². The molecule has 0 saturated carbocycles. The predicted octanol–water partition coefficient (Wildman–Crippen LogP) is 1.90. The lowest BCUT2D eigenvalue weighted by Crippen LogP contribution is -2.49. The second-order valence-corrected chi connectivity index (χ2v) is 5.01. The van der Waals surface area contributed by atoms with E-state index < -0.39 is 0 Å². The number of urea groups is 1. The third-order valence-corrected chi connectivity index (χ3v) is 3.61. The van der Waals surface area contributed by atoms with Crippen LogP contribution in [0.2, 0.25) is 0 Å². The van der Waals surface area contributed by atoms with Gasteiger partial charge in [0.25, 0.3) is 0 Å². The zero-order valence-electron chi connectivity index (χ0n) is 11.4. The number of rotatable bonds is 2. The van der Waals surface area contributed by atoms with Crippen LogP contribution in [0.15, 0.2) is 24.3 Å². The molecular formula is C14H21N3O2. The molecule has 1 aliphatic heterocycles. The van der Waals surface area contributed by atoms with Gasteiger partial charge in [-0.25, -0.2) is 4.79 Å². The fraction of sp³-hybridized carbons (Fsp3) is 0.500. The van der Waals surface area contributed by atoms with Gasteiger partial charge in [0.2, 0.25) is 0 Å². The number of amides is 2. The van der Waals surface area contributed by atoms with Crippen molar-refractivity contribution >= 4 is 11.7 Å². The van der Waals surface area contributed by atoms with E-state index in [2.05, 4.69) is 12.2 Å². The number of piperidine rings is 1. The quantitative estimate of drug-likeness (QED) is 0.856. The van der Waals surface area contributed by atoms with Gasteiger partial charge < -0.3 is 20.7 Å². The Morgan fingerprint density at radius 2 is 2.21 bits per heavy atom. The second-order valence-electron chi connectivity index (χ2n) is 5.01. The van der Waals surface area contributed by atoms with Crippen LogP contribution in [-0.2, 0) is 0 Å². The van der Waals surface area contributed by atoms with Crippen molar-refractivity contribution in [1.82, 2.24) is 4.90 Å². The summed E-state index contributed by atoms with van der Waals surface area (Å²) in [6.07, 6.45) is 0.848. The van der Waals surface area contributed by atoms with Crippen LogP contribution in [0.1, 0.15) is 13.3 Å². The Morgan fingerprint density at radius 1 is 1.47 bits per heavy atom. The van der Waals surface area contributed by atoms with E-state index in [0.717, 1.165) is 6.42 Å². The number of para-hydroxylation sites is 2. The molecule has 0 aromatic heterocycles. The number of nitrogens with two attached hydrogens (primary N) is 1. The lowest BCUT2D eigenvalue weighted by molar-refractivity contribution is 0.172. The Balaban J connectivity index is 2.01. The third kappa shape index (κ3) is 3.17. The molecule has 0 bridgehead atoms. The number of hydrogen-bond donors (Lipinski definition) is 2. The number of anilines is 1. The maximum Gasteiger partial charge on any atom is 0.321 e. The number of nitrogens with one attached hydrogen (secondary N) is 1. The first-order valence-corrected chi connectivity index (χ1v) is 6.56. The summed E-state index contributed by atoms with van der Waals surface area (Å²) in [5, 5.41) is 2.89. The van der Waals surface area contributed by atoms with Gasteiger partial charge in [-0.1, -0.05) is 19.1 Å². The van der Waals surface area contributed by atoms with E-state index in [-0.39, 0.29) is 12.1 Å². The highest BCUT2D eigenvalue weighted by Gasteiger charge is 2.26. The average Bonchev–Trinajstić information content (AvgIpc) is 2.42. The Hall–Kier alpha value is -1.75. The van der Waals surface area contributed by atoms with E-state index in [0.29, 0.717) is 30.4 Å². The van der Waals surface area contributed by atoms with Gasteiger partial charge in [-0.3, -0.25) is 0 Å². The molecule has 1 aromatic carbocycles. The smallest absolute Gasteiger partial charge is 0.321 e. The summed E-state index contributed by atoms with van der Waals surface area (Å²) >= 11 is 0. The first-order chi connectivity index (χ1) is 9.11. The second kappa shape index (κ2) is 5.93. The van der Waals surface area contributed by atoms with Crippen LogP contribution >= 0.6 is 0 Å². The zero-order valence-corrected chi connectivity index (χ0v) is 11.4. The summed E-state index contributed by atoms with van der Waals surface area (Å²) < 4.78 is 5.22. The lowest BCUT2D eigenvalue weighted by atomic mass is 9.95. The van der Waals surface area contributed by atoms with Gasteiger partial charge in [0.05, 0.1) is 12.8 Å². The van der Waals surface area contributed by atoms with Crippen molar-refractivity contribution in [2.45, 2.75) is 19.4 Å². The van der Waals surface area contributed by atoms with Crippen LogP contribution in [0.4, 0.5) is 10.5 Å². The van der Waals surface area contributed by atoms with Crippen LogP contribution in [-0.4, -0.2) is 37.2 Å². The fourth-order valence-corrected chi connectivity index (χ4v) is 2.29. The molecule has 1 aliphatic rings. The Labute approximate surface area is 113 Å². The van der Waals surface area contributed by atoms with Crippen molar-refractivity contribution < 1.29 is 9.53 Å². The molecule has 2 unspecified atom stereocenters. The van der Waals surface area contributed by atoms with E-state index in [1.165, 1.54) is 0 Å². The van der Waals surface area contributed by atoms with Crippen molar-refractivity contribution in [1.29, 1.82) is 0 Å². The number of carbonyl (C=O) groups is 1. The summed E-state index contributed by atoms with van der Waals surface area (Å²) in [6.45, 7) is 3.47. The van der Waals surface area contributed by atoms with Crippen LogP contribution < -0.4 is 15.8 Å². The van der Waals surface area contributed by atoms with Crippen LogP contribution in [0, 0.1) is 5.92 Å². The highest BCUT2D eigenvalue weighted by atomic mass is 16.5. The largest absolute Gasteiger partial charge is 0.495 e. The highest BCUT2D eigenvalue weighted by molar-refractivity contribution is 5.91. The van der Waals surface area contributed by atoms with Crippen molar-refractivity contribution in [2.24, 2.45) is 11.7 Å². The normalized spacial score (nSPS) is 23.0. The van der Waals surface area contributed by atoms with Crippen LogP contribution in [0.25, 0.3) is 0 Å². The van der Waals surface area contributed by atoms with Crippen molar-refractivity contribution in [3.8, 4) is 5.75 Å². The van der Waals surface area contributed by atoms with Gasteiger partial charge >= 0.3 is 6.03 Å². The number of hydrogen-bond acceptors (Lipinski definition) is 3. The maximum atomic E-state index is 12.2. The summed E-state index contributed by atoms with van der Waals surface area (Å²) in [7, 11) is 1.59. The number of nitrogens with zero attached hydrogens (tertiary/aromatic N) is 1. The summed E-state index contributed by atoms with van der Waals surface area (Å²) in [5.41, 5.74) is 6.65. The summed E-state index contributed by atoms with van der Waals surface area (Å²) in [5.74, 6) is 0.995. The highest BCUT2D eigenvalue weighted by Crippen LogP contribution is 2.24. The molecule has 3 N–H and O–H groups in total. The van der Waals surface area contributed by atoms with E-state index in [1.807, 2.05) is 24.3 Å². The van der Waals surface area contributed by atoms with Crippen LogP contribution in [0.3, 0.4) is 0 Å². The van der Waals surface area contributed by atoms with E-state index in [4.69, 9.17) is 10.5 Å². The van der Waals surface area contributed by atoms with Gasteiger partial charge in [0.15, 0.2) is 0 Å². The van der Waals surface area contributed by atoms with Gasteiger partial charge in [0, 0.05) is 19.1 Å². The monoisotopic (exact) mass is 263 g/mol. The Morgan fingerprint density at radius 3 is 2.89 bits per heavy atom. The number of carbonyl (C=O) groups excluding carboxylic acids is 1. The third-order valence-electron chi connectivity index (χ3n) is 3.61. The summed E-state index contributed by atoms with van der Waals surface area (Å²) in [6, 6.07) is 7.49. The molecule has 1 fully saturated rings. The Bertz CT molecular complexity index is 450. The minimum Gasteiger partial charge on any atom is -0.495 e. The number of likely N-dealkylation sites (tertiary alicyclic amines) is 1. The SMILES string of the molecule is COc1ccccc1NC(=O)N1CCC(N)C(C)C1. The molecule has 5 nitrogen and oxygen atoms in total. The topological polar surface area (TPSA) is 67.6 Å². The molecule has 2 atom stereocenters. The molecule has 2 rings (SSSR count). The fourth-order valence-electron chi connectivity index (χ4n) is 2.29. The molecular weight excluding hydrogens is 242 g/mol. The Kier molecular flexibility index (Phi) is 4.27. The molecule has 104 valence electrons. The molecule has 1 saturated heterocycles. The number of ether oxygens (including phenoxy) is 1. The molecule has 1 aromatic rings.